The van der Waals surface area contributed by atoms with Crippen LogP contribution in [0.25, 0.3) is 22.0 Å². The predicted molar refractivity (Wildman–Crippen MR) is 121 cm³/mol. The molecule has 0 bridgehead atoms. The number of nitrogens with one attached hydrogen (secondary N) is 1. The molecule has 4 rings (SSSR count). The van der Waals surface area contributed by atoms with Gasteiger partial charge in [-0.2, -0.15) is 5.10 Å². The van der Waals surface area contributed by atoms with Crippen molar-refractivity contribution in [1.29, 1.82) is 0 Å². The van der Waals surface area contributed by atoms with Crippen LogP contribution < -0.4 is 10.2 Å². The Balaban J connectivity index is 1.34. The van der Waals surface area contributed by atoms with Crippen LogP contribution in [0.15, 0.2) is 84.0 Å². The van der Waals surface area contributed by atoms with Gasteiger partial charge in [-0.05, 0) is 36.2 Å². The first kappa shape index (κ1) is 19.5. The summed E-state index contributed by atoms with van der Waals surface area (Å²) in [5, 5.41) is 5.22. The number of carbonyl (C=O) groups excluding carboxylic acids is 1. The molecule has 150 valence electrons. The second kappa shape index (κ2) is 8.66. The molecule has 1 amide bonds. The number of ether oxygens (including phenoxy) is 1. The number of carbonyl (C=O) groups is 1. The number of hydrogen-bond acceptors (Lipinski definition) is 3. The van der Waals surface area contributed by atoms with Gasteiger partial charge in [-0.3, -0.25) is 4.79 Å². The van der Waals surface area contributed by atoms with Crippen molar-refractivity contribution in [1.82, 2.24) is 9.99 Å². The highest BCUT2D eigenvalue weighted by molar-refractivity contribution is 6.01. The molecule has 0 radical (unpaired) electrons. The van der Waals surface area contributed by atoms with Gasteiger partial charge < -0.3 is 9.30 Å². The van der Waals surface area contributed by atoms with E-state index in [1.54, 1.807) is 6.21 Å². The molecular formula is C25H23N3O2. The van der Waals surface area contributed by atoms with Crippen molar-refractivity contribution in [3.8, 4) is 16.9 Å². The maximum atomic E-state index is 12.1. The SMILES string of the molecule is Cc1c(/C=N\NC(=O)COc2ccc(-c3ccccc3)cc2)c2ccccc2n1C. The molecule has 1 aromatic heterocycles. The zero-order chi connectivity index (χ0) is 20.9. The highest BCUT2D eigenvalue weighted by Gasteiger charge is 2.09. The molecule has 30 heavy (non-hydrogen) atoms. The predicted octanol–water partition coefficient (Wildman–Crippen LogP) is 4.68. The van der Waals surface area contributed by atoms with E-state index in [-0.39, 0.29) is 12.5 Å². The number of para-hydroxylation sites is 1. The van der Waals surface area contributed by atoms with Crippen LogP contribution in [-0.4, -0.2) is 23.3 Å². The van der Waals surface area contributed by atoms with Crippen molar-refractivity contribution < 1.29 is 9.53 Å². The first-order chi connectivity index (χ1) is 14.6. The number of aryl methyl sites for hydroxylation is 1. The third-order valence-corrected chi connectivity index (χ3v) is 5.16. The van der Waals surface area contributed by atoms with E-state index in [0.29, 0.717) is 5.75 Å². The Morgan fingerprint density at radius 2 is 1.63 bits per heavy atom. The van der Waals surface area contributed by atoms with Crippen LogP contribution >= 0.6 is 0 Å². The second-order valence-corrected chi connectivity index (χ2v) is 7.05. The Morgan fingerprint density at radius 3 is 2.40 bits per heavy atom. The third kappa shape index (κ3) is 4.10. The summed E-state index contributed by atoms with van der Waals surface area (Å²) in [6, 6.07) is 25.9. The molecule has 0 aliphatic carbocycles. The second-order valence-electron chi connectivity index (χ2n) is 7.05. The van der Waals surface area contributed by atoms with Gasteiger partial charge in [-0.15, -0.1) is 0 Å². The summed E-state index contributed by atoms with van der Waals surface area (Å²) in [4.78, 5) is 12.1. The molecule has 0 saturated heterocycles. The fourth-order valence-electron chi connectivity index (χ4n) is 3.44. The summed E-state index contributed by atoms with van der Waals surface area (Å²) in [6.45, 7) is 1.93. The van der Waals surface area contributed by atoms with Crippen molar-refractivity contribution in [3.63, 3.8) is 0 Å². The molecule has 0 aliphatic heterocycles. The zero-order valence-corrected chi connectivity index (χ0v) is 17.0. The van der Waals surface area contributed by atoms with Gasteiger partial charge in [0.15, 0.2) is 6.61 Å². The molecule has 5 nitrogen and oxygen atoms in total. The molecule has 0 unspecified atom stereocenters. The maximum absolute atomic E-state index is 12.1. The van der Waals surface area contributed by atoms with Gasteiger partial charge in [-0.25, -0.2) is 5.43 Å². The summed E-state index contributed by atoms with van der Waals surface area (Å²) in [6.07, 6.45) is 1.68. The fraction of sp³-hybridized carbons (Fsp3) is 0.120. The standard InChI is InChI=1S/C25H23N3O2/c1-18-23(22-10-6-7-11-24(22)28(18)2)16-26-27-25(29)17-30-21-14-12-20(13-15-21)19-8-4-3-5-9-19/h3-16H,17H2,1-2H3,(H,27,29)/b26-16-. The first-order valence-electron chi connectivity index (χ1n) is 9.77. The summed E-state index contributed by atoms with van der Waals surface area (Å²) < 4.78 is 7.68. The highest BCUT2D eigenvalue weighted by Crippen LogP contribution is 2.23. The van der Waals surface area contributed by atoms with Gasteiger partial charge in [0.05, 0.1) is 6.21 Å². The van der Waals surface area contributed by atoms with E-state index in [1.165, 1.54) is 0 Å². The summed E-state index contributed by atoms with van der Waals surface area (Å²) in [7, 11) is 2.02. The van der Waals surface area contributed by atoms with Crippen LogP contribution in [0.4, 0.5) is 0 Å². The van der Waals surface area contributed by atoms with E-state index in [0.717, 1.165) is 33.3 Å². The van der Waals surface area contributed by atoms with Gasteiger partial charge in [0, 0.05) is 29.2 Å². The number of fused-ring (bicyclic) bond motifs is 1. The minimum atomic E-state index is -0.309. The first-order valence-corrected chi connectivity index (χ1v) is 9.77. The molecule has 1 N–H and O–H groups in total. The Bertz CT molecular complexity index is 1190. The summed E-state index contributed by atoms with van der Waals surface area (Å²) in [5.41, 5.74) is 7.98. The van der Waals surface area contributed by atoms with E-state index >= 15 is 0 Å². The van der Waals surface area contributed by atoms with E-state index in [1.807, 2.05) is 74.6 Å². The van der Waals surface area contributed by atoms with E-state index in [9.17, 15) is 4.79 Å². The van der Waals surface area contributed by atoms with Crippen molar-refractivity contribution in [3.05, 3.63) is 90.1 Å². The molecule has 3 aromatic carbocycles. The number of hydrogen-bond donors (Lipinski definition) is 1. The van der Waals surface area contributed by atoms with Gasteiger partial charge >= 0.3 is 0 Å². The molecule has 0 aliphatic rings. The highest BCUT2D eigenvalue weighted by atomic mass is 16.5. The number of benzene rings is 3. The van der Waals surface area contributed by atoms with Crippen LogP contribution in [0.2, 0.25) is 0 Å². The topological polar surface area (TPSA) is 55.6 Å². The van der Waals surface area contributed by atoms with Gasteiger partial charge in [0.2, 0.25) is 0 Å². The Kier molecular flexibility index (Phi) is 5.61. The number of amides is 1. The lowest BCUT2D eigenvalue weighted by atomic mass is 10.1. The van der Waals surface area contributed by atoms with Gasteiger partial charge in [-0.1, -0.05) is 60.7 Å². The smallest absolute Gasteiger partial charge is 0.277 e. The quantitative estimate of drug-likeness (QED) is 0.379. The number of nitrogens with zero attached hydrogens (tertiary/aromatic N) is 2. The van der Waals surface area contributed by atoms with Crippen LogP contribution in [-0.2, 0) is 11.8 Å². The van der Waals surface area contributed by atoms with Crippen molar-refractivity contribution in [2.24, 2.45) is 12.1 Å². The lowest BCUT2D eigenvalue weighted by Crippen LogP contribution is -2.24. The minimum absolute atomic E-state index is 0.101. The molecule has 0 saturated carbocycles. The van der Waals surface area contributed by atoms with Gasteiger partial charge in [0.25, 0.3) is 5.91 Å². The van der Waals surface area contributed by atoms with E-state index in [2.05, 4.69) is 33.3 Å². The minimum Gasteiger partial charge on any atom is -0.484 e. The summed E-state index contributed by atoms with van der Waals surface area (Å²) in [5.74, 6) is 0.329. The largest absolute Gasteiger partial charge is 0.484 e. The van der Waals surface area contributed by atoms with Crippen LogP contribution in [0.1, 0.15) is 11.3 Å². The van der Waals surface area contributed by atoms with Crippen LogP contribution in [0, 0.1) is 6.92 Å². The molecular weight excluding hydrogens is 374 g/mol. The van der Waals surface area contributed by atoms with Crippen molar-refractivity contribution in [2.45, 2.75) is 6.92 Å². The fourth-order valence-corrected chi connectivity index (χ4v) is 3.44. The van der Waals surface area contributed by atoms with Gasteiger partial charge in [0.1, 0.15) is 5.75 Å². The third-order valence-electron chi connectivity index (χ3n) is 5.16. The lowest BCUT2D eigenvalue weighted by molar-refractivity contribution is -0.123. The van der Waals surface area contributed by atoms with E-state index < -0.39 is 0 Å². The molecule has 4 aromatic rings. The number of rotatable bonds is 6. The van der Waals surface area contributed by atoms with Crippen molar-refractivity contribution >= 4 is 23.0 Å². The Labute approximate surface area is 175 Å². The zero-order valence-electron chi connectivity index (χ0n) is 17.0. The number of aromatic nitrogens is 1. The molecule has 0 spiro atoms. The molecule has 0 fully saturated rings. The van der Waals surface area contributed by atoms with Crippen molar-refractivity contribution in [2.75, 3.05) is 6.61 Å². The Hall–Kier alpha value is -3.86. The van der Waals surface area contributed by atoms with Crippen LogP contribution in [0.5, 0.6) is 5.75 Å². The number of hydrazone groups is 1. The molecule has 0 atom stereocenters. The summed E-state index contributed by atoms with van der Waals surface area (Å²) >= 11 is 0. The Morgan fingerprint density at radius 1 is 0.967 bits per heavy atom. The normalized spacial score (nSPS) is 11.1. The average Bonchev–Trinajstić information content (AvgIpc) is 3.04. The van der Waals surface area contributed by atoms with E-state index in [4.69, 9.17) is 4.74 Å². The monoisotopic (exact) mass is 397 g/mol. The molecule has 5 heteroatoms. The molecule has 1 heterocycles. The maximum Gasteiger partial charge on any atom is 0.277 e. The lowest BCUT2D eigenvalue weighted by Gasteiger charge is -2.06. The average molecular weight is 397 g/mol. The van der Waals surface area contributed by atoms with Crippen LogP contribution in [0.3, 0.4) is 0 Å².